The van der Waals surface area contributed by atoms with E-state index in [0.717, 1.165) is 23.4 Å². The van der Waals surface area contributed by atoms with Gasteiger partial charge in [-0.05, 0) is 49.1 Å². The zero-order valence-corrected chi connectivity index (χ0v) is 18.2. The first-order valence-electron chi connectivity index (χ1n) is 9.78. The van der Waals surface area contributed by atoms with E-state index in [1.54, 1.807) is 12.3 Å². The quantitative estimate of drug-likeness (QED) is 0.648. The van der Waals surface area contributed by atoms with Crippen LogP contribution in [0.5, 0.6) is 0 Å². The Hall–Kier alpha value is -1.90. The van der Waals surface area contributed by atoms with E-state index in [-0.39, 0.29) is 17.6 Å². The summed E-state index contributed by atoms with van der Waals surface area (Å²) in [7, 11) is -3.30. The third-order valence-corrected chi connectivity index (χ3v) is 7.25. The number of carbonyl (C=O) groups excluding carboxylic acids is 1. The van der Waals surface area contributed by atoms with Crippen LogP contribution >= 0.6 is 11.8 Å². The summed E-state index contributed by atoms with van der Waals surface area (Å²) in [5, 5.41) is 0.741. The van der Waals surface area contributed by atoms with E-state index in [1.165, 1.54) is 11.8 Å². The molecule has 0 saturated carbocycles. The van der Waals surface area contributed by atoms with Gasteiger partial charge in [0.15, 0.2) is 0 Å². The molecule has 1 aliphatic rings. The number of carbonyl (C=O) groups is 1. The van der Waals surface area contributed by atoms with Crippen LogP contribution < -0.4 is 4.72 Å². The Kier molecular flexibility index (Phi) is 7.69. The fraction of sp³-hybridized carbons (Fsp3) is 0.429. The minimum atomic E-state index is -3.30. The summed E-state index contributed by atoms with van der Waals surface area (Å²) >= 11 is 1.47. The second-order valence-electron chi connectivity index (χ2n) is 7.20. The first kappa shape index (κ1) is 21.8. The van der Waals surface area contributed by atoms with Crippen molar-refractivity contribution in [3.63, 3.8) is 0 Å². The number of sulfonamides is 1. The lowest BCUT2D eigenvalue weighted by atomic mass is 9.97. The number of aromatic nitrogens is 1. The highest BCUT2D eigenvalue weighted by molar-refractivity contribution is 7.98. The standard InChI is InChI=1S/C21H27N3O3S2/c1-28-20-19(8-5-12-22-20)21(25)24-13-9-18(10-14-24)16-23-29(26,27)15-11-17-6-3-2-4-7-17/h2-8,12,18,23H,9-11,13-16H2,1H3. The molecule has 1 aliphatic heterocycles. The largest absolute Gasteiger partial charge is 0.339 e. The molecule has 2 heterocycles. The summed E-state index contributed by atoms with van der Waals surface area (Å²) in [4.78, 5) is 18.9. The van der Waals surface area contributed by atoms with Gasteiger partial charge in [-0.2, -0.15) is 0 Å². The molecule has 156 valence electrons. The lowest BCUT2D eigenvalue weighted by Crippen LogP contribution is -2.42. The molecule has 6 nitrogen and oxygen atoms in total. The third-order valence-electron chi connectivity index (χ3n) is 5.19. The van der Waals surface area contributed by atoms with Crippen LogP contribution in [0.25, 0.3) is 0 Å². The number of aryl methyl sites for hydroxylation is 1. The SMILES string of the molecule is CSc1ncccc1C(=O)N1CCC(CNS(=O)(=O)CCc2ccccc2)CC1. The number of piperidine rings is 1. The van der Waals surface area contributed by atoms with Gasteiger partial charge in [0.2, 0.25) is 10.0 Å². The summed E-state index contributed by atoms with van der Waals surface area (Å²) in [5.41, 5.74) is 1.66. The van der Waals surface area contributed by atoms with Crippen molar-refractivity contribution in [3.8, 4) is 0 Å². The highest BCUT2D eigenvalue weighted by atomic mass is 32.2. The molecule has 0 spiro atoms. The molecule has 0 bridgehead atoms. The summed E-state index contributed by atoms with van der Waals surface area (Å²) in [6.45, 7) is 1.71. The summed E-state index contributed by atoms with van der Waals surface area (Å²) in [6.07, 6.45) is 5.70. The number of thioether (sulfide) groups is 1. The first-order chi connectivity index (χ1) is 14.0. The van der Waals surface area contributed by atoms with Gasteiger partial charge in [-0.1, -0.05) is 30.3 Å². The van der Waals surface area contributed by atoms with Crippen LogP contribution in [-0.4, -0.2) is 55.9 Å². The molecule has 1 amide bonds. The summed E-state index contributed by atoms with van der Waals surface area (Å²) in [6, 6.07) is 13.2. The summed E-state index contributed by atoms with van der Waals surface area (Å²) < 4.78 is 27.3. The maximum absolute atomic E-state index is 12.8. The van der Waals surface area contributed by atoms with E-state index in [0.29, 0.717) is 31.6 Å². The fourth-order valence-electron chi connectivity index (χ4n) is 3.44. The molecule has 1 aromatic heterocycles. The van der Waals surface area contributed by atoms with Crippen molar-refractivity contribution in [3.05, 3.63) is 59.8 Å². The molecule has 0 aliphatic carbocycles. The molecule has 0 atom stereocenters. The van der Waals surface area contributed by atoms with Crippen molar-refractivity contribution in [2.75, 3.05) is 31.6 Å². The maximum Gasteiger partial charge on any atom is 0.256 e. The second kappa shape index (κ2) is 10.2. The van der Waals surface area contributed by atoms with Crippen LogP contribution in [0.4, 0.5) is 0 Å². The number of pyridine rings is 1. The second-order valence-corrected chi connectivity index (χ2v) is 9.92. The molecule has 2 aromatic rings. The number of hydrogen-bond donors (Lipinski definition) is 1. The molecular weight excluding hydrogens is 406 g/mol. The van der Waals surface area contributed by atoms with Crippen LogP contribution in [-0.2, 0) is 16.4 Å². The normalized spacial score (nSPS) is 15.4. The molecule has 1 N–H and O–H groups in total. The maximum atomic E-state index is 12.8. The van der Waals surface area contributed by atoms with Crippen molar-refractivity contribution in [1.82, 2.24) is 14.6 Å². The van der Waals surface area contributed by atoms with Crippen LogP contribution in [0, 0.1) is 5.92 Å². The lowest BCUT2D eigenvalue weighted by Gasteiger charge is -2.32. The Balaban J connectivity index is 1.45. The summed E-state index contributed by atoms with van der Waals surface area (Å²) in [5.74, 6) is 0.344. The number of nitrogens with one attached hydrogen (secondary N) is 1. The van der Waals surface area contributed by atoms with Gasteiger partial charge < -0.3 is 4.90 Å². The van der Waals surface area contributed by atoms with Crippen molar-refractivity contribution >= 4 is 27.7 Å². The minimum Gasteiger partial charge on any atom is -0.339 e. The molecule has 29 heavy (non-hydrogen) atoms. The van der Waals surface area contributed by atoms with Gasteiger partial charge in [-0.3, -0.25) is 4.79 Å². The molecule has 0 radical (unpaired) electrons. The average Bonchev–Trinajstić information content (AvgIpc) is 2.77. The topological polar surface area (TPSA) is 79.4 Å². The van der Waals surface area contributed by atoms with Gasteiger partial charge >= 0.3 is 0 Å². The minimum absolute atomic E-state index is 0.00402. The van der Waals surface area contributed by atoms with Gasteiger partial charge in [0.05, 0.1) is 11.3 Å². The molecule has 0 unspecified atom stereocenters. The first-order valence-corrected chi connectivity index (χ1v) is 12.7. The van der Waals surface area contributed by atoms with Crippen molar-refractivity contribution < 1.29 is 13.2 Å². The Labute approximate surface area is 177 Å². The molecular formula is C21H27N3O3S2. The highest BCUT2D eigenvalue weighted by Crippen LogP contribution is 2.22. The van der Waals surface area contributed by atoms with Gasteiger partial charge in [0.1, 0.15) is 5.03 Å². The van der Waals surface area contributed by atoms with E-state index < -0.39 is 10.0 Å². The fourth-order valence-corrected chi connectivity index (χ4v) is 5.12. The number of likely N-dealkylation sites (tertiary alicyclic amines) is 1. The number of benzene rings is 1. The Morgan fingerprint density at radius 2 is 1.90 bits per heavy atom. The van der Waals surface area contributed by atoms with Crippen LogP contribution in [0.1, 0.15) is 28.8 Å². The van der Waals surface area contributed by atoms with Crippen molar-refractivity contribution in [1.29, 1.82) is 0 Å². The number of rotatable bonds is 8. The van der Waals surface area contributed by atoms with Gasteiger partial charge in [-0.15, -0.1) is 11.8 Å². The molecule has 8 heteroatoms. The highest BCUT2D eigenvalue weighted by Gasteiger charge is 2.26. The van der Waals surface area contributed by atoms with Crippen LogP contribution in [0.15, 0.2) is 53.7 Å². The smallest absolute Gasteiger partial charge is 0.256 e. The molecule has 1 fully saturated rings. The molecule has 1 aromatic carbocycles. The lowest BCUT2D eigenvalue weighted by molar-refractivity contribution is 0.0687. The zero-order chi connectivity index (χ0) is 20.7. The average molecular weight is 434 g/mol. The predicted octanol–water partition coefficient (Wildman–Crippen LogP) is 2.82. The van der Waals surface area contributed by atoms with Crippen molar-refractivity contribution in [2.45, 2.75) is 24.3 Å². The Bertz CT molecular complexity index is 912. The Morgan fingerprint density at radius 1 is 1.17 bits per heavy atom. The van der Waals surface area contributed by atoms with Crippen LogP contribution in [0.3, 0.4) is 0 Å². The van der Waals surface area contributed by atoms with Gasteiger partial charge in [0.25, 0.3) is 5.91 Å². The van der Waals surface area contributed by atoms with E-state index in [9.17, 15) is 13.2 Å². The van der Waals surface area contributed by atoms with E-state index in [4.69, 9.17) is 0 Å². The van der Waals surface area contributed by atoms with E-state index >= 15 is 0 Å². The molecule has 3 rings (SSSR count). The van der Waals surface area contributed by atoms with Gasteiger partial charge in [0, 0.05) is 25.8 Å². The Morgan fingerprint density at radius 3 is 2.59 bits per heavy atom. The number of amides is 1. The third kappa shape index (κ3) is 6.29. The number of nitrogens with zero attached hydrogens (tertiary/aromatic N) is 2. The van der Waals surface area contributed by atoms with Crippen molar-refractivity contribution in [2.24, 2.45) is 5.92 Å². The zero-order valence-electron chi connectivity index (χ0n) is 16.6. The van der Waals surface area contributed by atoms with E-state index in [1.807, 2.05) is 47.6 Å². The monoisotopic (exact) mass is 433 g/mol. The van der Waals surface area contributed by atoms with Crippen LogP contribution in [0.2, 0.25) is 0 Å². The predicted molar refractivity (Wildman–Crippen MR) is 117 cm³/mol. The van der Waals surface area contributed by atoms with Gasteiger partial charge in [-0.25, -0.2) is 18.1 Å². The number of hydrogen-bond acceptors (Lipinski definition) is 5. The van der Waals surface area contributed by atoms with E-state index in [2.05, 4.69) is 9.71 Å². The molecule has 1 saturated heterocycles.